The summed E-state index contributed by atoms with van der Waals surface area (Å²) in [6.45, 7) is 3.55. The first kappa shape index (κ1) is 20.5. The Morgan fingerprint density at radius 2 is 1.86 bits per heavy atom. The lowest BCUT2D eigenvalue weighted by atomic mass is 10.1. The minimum absolute atomic E-state index is 0.0419. The van der Waals surface area contributed by atoms with Gasteiger partial charge in [0, 0.05) is 32.6 Å². The van der Waals surface area contributed by atoms with Gasteiger partial charge in [0.2, 0.25) is 11.8 Å². The van der Waals surface area contributed by atoms with Crippen molar-refractivity contribution >= 4 is 23.4 Å². The zero-order valence-electron chi connectivity index (χ0n) is 16.5. The predicted octanol–water partition coefficient (Wildman–Crippen LogP) is 1.67. The Morgan fingerprint density at radius 3 is 2.59 bits per heavy atom. The number of likely N-dealkylation sites (tertiary alicyclic amines) is 1. The highest BCUT2D eigenvalue weighted by Crippen LogP contribution is 2.23. The third-order valence-electron chi connectivity index (χ3n) is 4.94. The van der Waals surface area contributed by atoms with Crippen molar-refractivity contribution in [2.24, 2.45) is 11.7 Å². The summed E-state index contributed by atoms with van der Waals surface area (Å²) in [5.41, 5.74) is 8.42. The van der Waals surface area contributed by atoms with Crippen LogP contribution in [0.5, 0.6) is 0 Å². The number of nitrogens with one attached hydrogen (secondary N) is 2. The van der Waals surface area contributed by atoms with E-state index in [-0.39, 0.29) is 24.1 Å². The van der Waals surface area contributed by atoms with Crippen LogP contribution in [0.1, 0.15) is 27.9 Å². The van der Waals surface area contributed by atoms with Crippen molar-refractivity contribution in [1.29, 1.82) is 0 Å². The average molecular weight is 394 g/mol. The molecule has 7 heteroatoms. The molecule has 0 saturated carbocycles. The molecule has 7 nitrogen and oxygen atoms in total. The Labute approximate surface area is 170 Å². The molecule has 1 atom stereocenters. The monoisotopic (exact) mass is 394 g/mol. The maximum Gasteiger partial charge on any atom is 0.253 e. The number of aryl methyl sites for hydroxylation is 1. The lowest BCUT2D eigenvalue weighted by Crippen LogP contribution is -2.31. The van der Waals surface area contributed by atoms with Gasteiger partial charge >= 0.3 is 0 Å². The number of benzene rings is 2. The lowest BCUT2D eigenvalue weighted by molar-refractivity contribution is -0.128. The fraction of sp³-hybridized carbons (Fsp3) is 0.318. The molecule has 1 fully saturated rings. The topological polar surface area (TPSA) is 105 Å². The molecule has 2 aromatic carbocycles. The Kier molecular flexibility index (Phi) is 6.61. The van der Waals surface area contributed by atoms with E-state index in [0.29, 0.717) is 37.4 Å². The summed E-state index contributed by atoms with van der Waals surface area (Å²) < 4.78 is 0. The van der Waals surface area contributed by atoms with Gasteiger partial charge in [0.1, 0.15) is 0 Å². The molecular weight excluding hydrogens is 368 g/mol. The smallest absolute Gasteiger partial charge is 0.253 e. The first-order chi connectivity index (χ1) is 14.0. The van der Waals surface area contributed by atoms with Crippen molar-refractivity contribution in [2.45, 2.75) is 19.9 Å². The van der Waals surface area contributed by atoms with Crippen molar-refractivity contribution in [3.8, 4) is 0 Å². The number of nitrogens with zero attached hydrogens (tertiary/aromatic N) is 1. The lowest BCUT2D eigenvalue weighted by Gasteiger charge is -2.17. The van der Waals surface area contributed by atoms with E-state index in [1.807, 2.05) is 31.2 Å². The largest absolute Gasteiger partial charge is 0.351 e. The van der Waals surface area contributed by atoms with Crippen molar-refractivity contribution in [3.63, 3.8) is 0 Å². The molecule has 4 N–H and O–H groups in total. The van der Waals surface area contributed by atoms with Crippen molar-refractivity contribution in [1.82, 2.24) is 10.2 Å². The third-order valence-corrected chi connectivity index (χ3v) is 4.94. The van der Waals surface area contributed by atoms with Crippen LogP contribution in [0.3, 0.4) is 0 Å². The van der Waals surface area contributed by atoms with E-state index < -0.39 is 5.92 Å². The number of carbonyl (C=O) groups excluding carboxylic acids is 3. The summed E-state index contributed by atoms with van der Waals surface area (Å²) in [4.78, 5) is 39.1. The molecule has 1 aliphatic heterocycles. The van der Waals surface area contributed by atoms with E-state index in [1.165, 1.54) is 0 Å². The van der Waals surface area contributed by atoms with Crippen LogP contribution in [0.2, 0.25) is 0 Å². The van der Waals surface area contributed by atoms with Gasteiger partial charge in [-0.25, -0.2) is 0 Å². The number of para-hydroxylation sites is 1. The summed E-state index contributed by atoms with van der Waals surface area (Å²) in [6.07, 6.45) is 0.166. The predicted molar refractivity (Wildman–Crippen MR) is 111 cm³/mol. The molecule has 0 radical (unpaired) electrons. The molecule has 0 bridgehead atoms. The quantitative estimate of drug-likeness (QED) is 0.664. The van der Waals surface area contributed by atoms with E-state index in [1.54, 1.807) is 29.2 Å². The van der Waals surface area contributed by atoms with Crippen LogP contribution in [-0.2, 0) is 16.1 Å². The van der Waals surface area contributed by atoms with Crippen LogP contribution in [0.15, 0.2) is 48.5 Å². The van der Waals surface area contributed by atoms with Crippen LogP contribution in [-0.4, -0.2) is 42.3 Å². The van der Waals surface area contributed by atoms with Crippen LogP contribution >= 0.6 is 0 Å². The van der Waals surface area contributed by atoms with Crippen LogP contribution < -0.4 is 16.4 Å². The van der Waals surface area contributed by atoms with E-state index >= 15 is 0 Å². The van der Waals surface area contributed by atoms with E-state index in [4.69, 9.17) is 5.73 Å². The van der Waals surface area contributed by atoms with Gasteiger partial charge in [-0.3, -0.25) is 14.4 Å². The Morgan fingerprint density at radius 1 is 1.14 bits per heavy atom. The molecule has 29 heavy (non-hydrogen) atoms. The van der Waals surface area contributed by atoms with Gasteiger partial charge in [-0.05, 0) is 24.6 Å². The first-order valence-electron chi connectivity index (χ1n) is 9.69. The highest BCUT2D eigenvalue weighted by Gasteiger charge is 2.34. The summed E-state index contributed by atoms with van der Waals surface area (Å²) >= 11 is 0. The zero-order chi connectivity index (χ0) is 20.8. The van der Waals surface area contributed by atoms with Gasteiger partial charge in [-0.15, -0.1) is 0 Å². The van der Waals surface area contributed by atoms with Crippen LogP contribution in [0.4, 0.5) is 5.69 Å². The fourth-order valence-electron chi connectivity index (χ4n) is 3.32. The van der Waals surface area contributed by atoms with Gasteiger partial charge in [-0.2, -0.15) is 0 Å². The van der Waals surface area contributed by atoms with Crippen molar-refractivity contribution in [2.75, 3.05) is 25.0 Å². The fourth-order valence-corrected chi connectivity index (χ4v) is 3.32. The average Bonchev–Trinajstić information content (AvgIpc) is 3.09. The molecule has 0 aromatic heterocycles. The summed E-state index contributed by atoms with van der Waals surface area (Å²) in [5, 5.41) is 5.51. The van der Waals surface area contributed by atoms with E-state index in [2.05, 4.69) is 10.6 Å². The normalized spacial score (nSPS) is 16.0. The third kappa shape index (κ3) is 5.20. The molecule has 2 aromatic rings. The van der Waals surface area contributed by atoms with Gasteiger partial charge in [0.15, 0.2) is 0 Å². The number of hydrogen-bond acceptors (Lipinski definition) is 4. The number of carbonyl (C=O) groups is 3. The summed E-state index contributed by atoms with van der Waals surface area (Å²) in [5.74, 6) is -1.05. The van der Waals surface area contributed by atoms with Crippen LogP contribution in [0.25, 0.3) is 0 Å². The van der Waals surface area contributed by atoms with Crippen LogP contribution in [0, 0.1) is 12.8 Å². The first-order valence-corrected chi connectivity index (χ1v) is 9.69. The minimum Gasteiger partial charge on any atom is -0.351 e. The number of rotatable bonds is 7. The van der Waals surface area contributed by atoms with Gasteiger partial charge in [0.05, 0.1) is 17.2 Å². The van der Waals surface area contributed by atoms with E-state index in [9.17, 15) is 14.4 Å². The highest BCUT2D eigenvalue weighted by molar-refractivity contribution is 6.05. The SMILES string of the molecule is Cc1ccc(CN2CC(C(=O)Nc3ccccc3C(=O)NCCN)CC2=O)cc1. The molecule has 3 rings (SSSR count). The molecule has 0 aliphatic carbocycles. The van der Waals surface area contributed by atoms with Crippen molar-refractivity contribution < 1.29 is 14.4 Å². The molecule has 1 aliphatic rings. The second kappa shape index (κ2) is 9.34. The molecule has 1 unspecified atom stereocenters. The molecule has 0 spiro atoms. The second-order valence-electron chi connectivity index (χ2n) is 7.24. The summed E-state index contributed by atoms with van der Waals surface area (Å²) in [6, 6.07) is 14.8. The molecule has 1 heterocycles. The second-order valence-corrected chi connectivity index (χ2v) is 7.24. The molecule has 1 saturated heterocycles. The number of anilines is 1. The maximum atomic E-state index is 12.8. The molecular formula is C22H26N4O3. The molecule has 3 amide bonds. The minimum atomic E-state index is -0.451. The van der Waals surface area contributed by atoms with E-state index in [0.717, 1.165) is 11.1 Å². The van der Waals surface area contributed by atoms with Gasteiger partial charge < -0.3 is 21.3 Å². The summed E-state index contributed by atoms with van der Waals surface area (Å²) in [7, 11) is 0. The Bertz CT molecular complexity index is 895. The van der Waals surface area contributed by atoms with Gasteiger partial charge in [-0.1, -0.05) is 42.0 Å². The van der Waals surface area contributed by atoms with Crippen molar-refractivity contribution in [3.05, 3.63) is 65.2 Å². The number of hydrogen-bond donors (Lipinski definition) is 3. The number of amides is 3. The zero-order valence-corrected chi connectivity index (χ0v) is 16.5. The standard InChI is InChI=1S/C22H26N4O3/c1-15-6-8-16(9-7-15)13-26-14-17(12-20(26)27)21(28)25-19-5-3-2-4-18(19)22(29)24-11-10-23/h2-9,17H,10-14,23H2,1H3,(H,24,29)(H,25,28). The highest BCUT2D eigenvalue weighted by atomic mass is 16.2. The maximum absolute atomic E-state index is 12.8. The Balaban J connectivity index is 1.64. The van der Waals surface area contributed by atoms with Gasteiger partial charge in [0.25, 0.3) is 5.91 Å². The number of nitrogens with two attached hydrogens (primary N) is 1. The molecule has 152 valence electrons. The Hall–Kier alpha value is -3.19.